The summed E-state index contributed by atoms with van der Waals surface area (Å²) in [5.74, 6) is 1.22. The minimum absolute atomic E-state index is 0.163. The van der Waals surface area contributed by atoms with Gasteiger partial charge in [-0.1, -0.05) is 39.0 Å². The molecule has 4 heteroatoms. The standard InChI is InChI=1S/C31H43NO3/c1-29(2,3)25-8-11-26(12-9-25)35-27-10-7-23-19-22(5-6-24(23)20-27)21-32(4)31-16-13-30(14-17-31,15-18-31)28(33)34/h5-7,10,19-20,25-26H,8-9,11-18,21H2,1-4H3,(H,33,34). The molecule has 4 aliphatic carbocycles. The van der Waals surface area contributed by atoms with E-state index in [-0.39, 0.29) is 5.54 Å². The van der Waals surface area contributed by atoms with Crippen LogP contribution >= 0.6 is 0 Å². The topological polar surface area (TPSA) is 49.8 Å². The monoisotopic (exact) mass is 477 g/mol. The number of nitrogens with zero attached hydrogens (tertiary/aromatic N) is 1. The van der Waals surface area contributed by atoms with Gasteiger partial charge in [-0.25, -0.2) is 0 Å². The number of benzene rings is 2. The summed E-state index contributed by atoms with van der Waals surface area (Å²) >= 11 is 0. The molecule has 4 nitrogen and oxygen atoms in total. The Hall–Kier alpha value is -2.07. The Morgan fingerprint density at radius 3 is 2.14 bits per heavy atom. The lowest BCUT2D eigenvalue weighted by Crippen LogP contribution is -2.56. The van der Waals surface area contributed by atoms with Gasteiger partial charge in [0.1, 0.15) is 5.75 Å². The van der Waals surface area contributed by atoms with Crippen molar-refractivity contribution in [1.29, 1.82) is 0 Å². The predicted octanol–water partition coefficient (Wildman–Crippen LogP) is 7.43. The maximum absolute atomic E-state index is 11.8. The van der Waals surface area contributed by atoms with E-state index in [0.29, 0.717) is 11.5 Å². The van der Waals surface area contributed by atoms with E-state index in [1.54, 1.807) is 0 Å². The Morgan fingerprint density at radius 2 is 1.54 bits per heavy atom. The van der Waals surface area contributed by atoms with Crippen molar-refractivity contribution in [2.45, 2.75) is 103 Å². The molecule has 4 fully saturated rings. The molecular formula is C31H43NO3. The number of rotatable bonds is 6. The van der Waals surface area contributed by atoms with E-state index in [1.807, 2.05) is 0 Å². The summed E-state index contributed by atoms with van der Waals surface area (Å²) in [6.07, 6.45) is 10.6. The molecule has 0 unspecified atom stereocenters. The number of hydrogen-bond donors (Lipinski definition) is 1. The Labute approximate surface area is 211 Å². The van der Waals surface area contributed by atoms with Crippen LogP contribution in [0.2, 0.25) is 0 Å². The highest BCUT2D eigenvalue weighted by Gasteiger charge is 2.53. The highest BCUT2D eigenvalue weighted by molar-refractivity contribution is 5.84. The Kier molecular flexibility index (Phi) is 6.40. The summed E-state index contributed by atoms with van der Waals surface area (Å²) in [5, 5.41) is 12.2. The van der Waals surface area contributed by atoms with Crippen LogP contribution in [-0.4, -0.2) is 34.7 Å². The molecule has 2 aromatic carbocycles. The van der Waals surface area contributed by atoms with E-state index in [0.717, 1.165) is 69.6 Å². The van der Waals surface area contributed by atoms with E-state index < -0.39 is 11.4 Å². The third-order valence-corrected chi connectivity index (χ3v) is 9.97. The summed E-state index contributed by atoms with van der Waals surface area (Å²) in [5.41, 5.74) is 1.44. The van der Waals surface area contributed by atoms with Gasteiger partial charge in [0.05, 0.1) is 11.5 Å². The third-order valence-electron chi connectivity index (χ3n) is 9.97. The normalized spacial score (nSPS) is 31.1. The molecule has 0 radical (unpaired) electrons. The minimum atomic E-state index is -0.580. The van der Waals surface area contributed by atoms with E-state index >= 15 is 0 Å². The Balaban J connectivity index is 1.21. The molecule has 190 valence electrons. The number of carbonyl (C=O) groups is 1. The van der Waals surface area contributed by atoms with E-state index in [1.165, 1.54) is 29.2 Å². The van der Waals surface area contributed by atoms with Crippen molar-refractivity contribution >= 4 is 16.7 Å². The van der Waals surface area contributed by atoms with Gasteiger partial charge in [-0.05, 0) is 117 Å². The average molecular weight is 478 g/mol. The summed E-state index contributed by atoms with van der Waals surface area (Å²) in [7, 11) is 2.23. The van der Waals surface area contributed by atoms with Gasteiger partial charge in [0.25, 0.3) is 0 Å². The second-order valence-corrected chi connectivity index (χ2v) is 13.0. The molecule has 35 heavy (non-hydrogen) atoms. The average Bonchev–Trinajstić information content (AvgIpc) is 2.85. The SMILES string of the molecule is CN(Cc1ccc2cc(OC3CCC(C(C)(C)C)CC3)ccc2c1)C12CCC(C(=O)O)(CC1)CC2. The molecule has 0 heterocycles. The molecule has 0 spiro atoms. The molecule has 0 atom stereocenters. The van der Waals surface area contributed by atoms with Crippen molar-refractivity contribution in [2.24, 2.45) is 16.7 Å². The maximum Gasteiger partial charge on any atom is 0.309 e. The fourth-order valence-electron chi connectivity index (χ4n) is 7.18. The zero-order chi connectivity index (χ0) is 24.8. The fourth-order valence-corrected chi connectivity index (χ4v) is 7.18. The fraction of sp³-hybridized carbons (Fsp3) is 0.645. The zero-order valence-electron chi connectivity index (χ0n) is 22.1. The van der Waals surface area contributed by atoms with Gasteiger partial charge in [-0.15, -0.1) is 0 Å². The van der Waals surface area contributed by atoms with Crippen LogP contribution in [0.1, 0.15) is 90.5 Å². The second kappa shape index (κ2) is 9.10. The lowest BCUT2D eigenvalue weighted by Gasteiger charge is -2.55. The first kappa shape index (κ1) is 24.6. The van der Waals surface area contributed by atoms with Gasteiger partial charge < -0.3 is 9.84 Å². The zero-order valence-corrected chi connectivity index (χ0v) is 22.1. The van der Waals surface area contributed by atoms with Gasteiger partial charge in [0.15, 0.2) is 0 Å². The number of fused-ring (bicyclic) bond motifs is 4. The Bertz CT molecular complexity index is 1050. The molecule has 1 N–H and O–H groups in total. The van der Waals surface area contributed by atoms with Crippen LogP contribution in [0, 0.1) is 16.7 Å². The summed E-state index contributed by atoms with van der Waals surface area (Å²) < 4.78 is 6.41. The quantitative estimate of drug-likeness (QED) is 0.470. The van der Waals surface area contributed by atoms with E-state index in [9.17, 15) is 9.90 Å². The lowest BCUT2D eigenvalue weighted by molar-refractivity contribution is -0.160. The number of hydrogen-bond acceptors (Lipinski definition) is 3. The van der Waals surface area contributed by atoms with Crippen LogP contribution in [0.25, 0.3) is 10.8 Å². The molecule has 4 aliphatic rings. The molecular weight excluding hydrogens is 434 g/mol. The molecule has 4 saturated carbocycles. The lowest BCUT2D eigenvalue weighted by atomic mass is 9.57. The number of carboxylic acid groups (broad SMARTS) is 1. The van der Waals surface area contributed by atoms with Crippen molar-refractivity contribution in [1.82, 2.24) is 4.90 Å². The first-order valence-electron chi connectivity index (χ1n) is 13.7. The molecule has 2 bridgehead atoms. The van der Waals surface area contributed by atoms with Crippen LogP contribution in [0.15, 0.2) is 36.4 Å². The number of carboxylic acids is 1. The molecule has 0 saturated heterocycles. The van der Waals surface area contributed by atoms with Gasteiger partial charge in [-0.3, -0.25) is 9.69 Å². The first-order chi connectivity index (χ1) is 16.6. The number of ether oxygens (including phenoxy) is 1. The van der Waals surface area contributed by atoms with E-state index in [2.05, 4.69) is 69.1 Å². The van der Waals surface area contributed by atoms with Crippen LogP contribution < -0.4 is 4.74 Å². The first-order valence-corrected chi connectivity index (χ1v) is 13.7. The number of aliphatic carboxylic acids is 1. The highest BCUT2D eigenvalue weighted by Crippen LogP contribution is 2.54. The molecule has 6 rings (SSSR count). The van der Waals surface area contributed by atoms with Crippen molar-refractivity contribution < 1.29 is 14.6 Å². The van der Waals surface area contributed by atoms with Crippen LogP contribution in [0.5, 0.6) is 5.75 Å². The molecule has 0 amide bonds. The summed E-state index contributed by atoms with van der Waals surface area (Å²) in [6.45, 7) is 8.00. The van der Waals surface area contributed by atoms with Gasteiger partial charge >= 0.3 is 5.97 Å². The van der Waals surface area contributed by atoms with Crippen molar-refractivity contribution in [3.8, 4) is 5.75 Å². The van der Waals surface area contributed by atoms with Crippen LogP contribution in [0.3, 0.4) is 0 Å². The van der Waals surface area contributed by atoms with Crippen LogP contribution in [-0.2, 0) is 11.3 Å². The van der Waals surface area contributed by atoms with Gasteiger partial charge in [0.2, 0.25) is 0 Å². The smallest absolute Gasteiger partial charge is 0.309 e. The third kappa shape index (κ3) is 4.83. The van der Waals surface area contributed by atoms with Crippen molar-refractivity contribution in [2.75, 3.05) is 7.05 Å². The second-order valence-electron chi connectivity index (χ2n) is 13.0. The highest BCUT2D eigenvalue weighted by atomic mass is 16.5. The molecule has 0 aliphatic heterocycles. The van der Waals surface area contributed by atoms with Gasteiger partial charge in [-0.2, -0.15) is 0 Å². The largest absolute Gasteiger partial charge is 0.490 e. The summed E-state index contributed by atoms with van der Waals surface area (Å²) in [4.78, 5) is 14.3. The van der Waals surface area contributed by atoms with Crippen molar-refractivity contribution in [3.63, 3.8) is 0 Å². The molecule has 0 aromatic heterocycles. The Morgan fingerprint density at radius 1 is 0.943 bits per heavy atom. The minimum Gasteiger partial charge on any atom is -0.490 e. The van der Waals surface area contributed by atoms with Crippen LogP contribution in [0.4, 0.5) is 0 Å². The molecule has 2 aromatic rings. The maximum atomic E-state index is 11.8. The van der Waals surface area contributed by atoms with Gasteiger partial charge in [0, 0.05) is 12.1 Å². The summed E-state index contributed by atoms with van der Waals surface area (Å²) in [6, 6.07) is 13.3. The predicted molar refractivity (Wildman–Crippen MR) is 142 cm³/mol. The van der Waals surface area contributed by atoms with Crippen molar-refractivity contribution in [3.05, 3.63) is 42.0 Å². The van der Waals surface area contributed by atoms with E-state index in [4.69, 9.17) is 4.74 Å².